The summed E-state index contributed by atoms with van der Waals surface area (Å²) < 4.78 is 21.6. The van der Waals surface area contributed by atoms with Gasteiger partial charge in [0.1, 0.15) is 5.25 Å². The highest BCUT2D eigenvalue weighted by Crippen LogP contribution is 2.45. The van der Waals surface area contributed by atoms with Gasteiger partial charge < -0.3 is 0 Å². The number of fused-ring (bicyclic) bond motifs is 1. The fourth-order valence-corrected chi connectivity index (χ4v) is 4.05. The van der Waals surface area contributed by atoms with Crippen LogP contribution in [-0.4, -0.2) is 25.2 Å². The molecule has 2 rings (SSSR count). The van der Waals surface area contributed by atoms with Crippen LogP contribution in [0.15, 0.2) is 0 Å². The molecule has 0 spiro atoms. The van der Waals surface area contributed by atoms with Crippen LogP contribution < -0.4 is 0 Å². The van der Waals surface area contributed by atoms with Gasteiger partial charge in [-0.2, -0.15) is 0 Å². The second-order valence-corrected chi connectivity index (χ2v) is 5.27. The van der Waals surface area contributed by atoms with Crippen molar-refractivity contribution in [1.82, 2.24) is 0 Å². The van der Waals surface area contributed by atoms with Gasteiger partial charge in [-0.25, -0.2) is 8.42 Å². The summed E-state index contributed by atoms with van der Waals surface area (Å²) in [7, 11) is -2.95. The van der Waals surface area contributed by atoms with Crippen molar-refractivity contribution in [2.45, 2.75) is 12.2 Å². The summed E-state index contributed by atoms with van der Waals surface area (Å²) in [4.78, 5) is 10.9. The number of ketones is 1. The Morgan fingerprint density at radius 3 is 2.40 bits per heavy atom. The SMILES string of the molecule is C[C@@H]1C(=O)[C@H]2[C@@H]1CS2(=O)=O. The number of carbonyl (C=O) groups excluding carboxylic acids is 1. The topological polar surface area (TPSA) is 51.2 Å². The summed E-state index contributed by atoms with van der Waals surface area (Å²) in [6.45, 7) is 1.80. The average Bonchev–Trinajstić information content (AvgIpc) is 1.83. The van der Waals surface area contributed by atoms with E-state index in [1.807, 2.05) is 0 Å². The lowest BCUT2D eigenvalue weighted by Gasteiger charge is -2.48. The fourth-order valence-electron chi connectivity index (χ4n) is 1.75. The molecule has 1 saturated heterocycles. The number of carbonyl (C=O) groups is 1. The van der Waals surface area contributed by atoms with E-state index in [0.717, 1.165) is 0 Å². The molecule has 0 aromatic heterocycles. The molecule has 2 aliphatic rings. The van der Waals surface area contributed by atoms with Crippen molar-refractivity contribution in [3.8, 4) is 0 Å². The first-order valence-electron chi connectivity index (χ1n) is 3.29. The van der Waals surface area contributed by atoms with Crippen molar-refractivity contribution >= 4 is 15.6 Å². The van der Waals surface area contributed by atoms with Gasteiger partial charge in [-0.05, 0) is 0 Å². The molecule has 10 heavy (non-hydrogen) atoms. The highest BCUT2D eigenvalue weighted by molar-refractivity contribution is 7.94. The van der Waals surface area contributed by atoms with E-state index in [0.29, 0.717) is 0 Å². The molecule has 0 aromatic rings. The monoisotopic (exact) mass is 160 g/mol. The minimum absolute atomic E-state index is 0.00789. The lowest BCUT2D eigenvalue weighted by atomic mass is 9.73. The zero-order valence-corrected chi connectivity index (χ0v) is 6.39. The summed E-state index contributed by atoms with van der Waals surface area (Å²) >= 11 is 0. The van der Waals surface area contributed by atoms with Gasteiger partial charge in [0, 0.05) is 11.8 Å². The van der Waals surface area contributed by atoms with Gasteiger partial charge in [0.25, 0.3) is 0 Å². The van der Waals surface area contributed by atoms with Crippen LogP contribution in [0.25, 0.3) is 0 Å². The standard InChI is InChI=1S/C6H8O3S/c1-3-4-2-10(8,9)6(4)5(3)7/h3-4,6H,2H2,1H3/t3-,4+,6+/m0/s1. The van der Waals surface area contributed by atoms with E-state index in [9.17, 15) is 13.2 Å². The summed E-state index contributed by atoms with van der Waals surface area (Å²) in [5.74, 6) is 0.340. The molecule has 0 unspecified atom stereocenters. The number of Topliss-reactive ketones (excluding diaryl/α,β-unsaturated/α-hetero) is 1. The number of hydrogen-bond donors (Lipinski definition) is 0. The van der Waals surface area contributed by atoms with Gasteiger partial charge in [-0.3, -0.25) is 4.79 Å². The minimum atomic E-state index is -2.95. The van der Waals surface area contributed by atoms with Crippen LogP contribution in [0.4, 0.5) is 0 Å². The van der Waals surface area contributed by atoms with E-state index in [-0.39, 0.29) is 23.4 Å². The molecule has 0 bridgehead atoms. The summed E-state index contributed by atoms with van der Waals surface area (Å²) in [6.07, 6.45) is 0. The minimum Gasteiger partial charge on any atom is -0.298 e. The van der Waals surface area contributed by atoms with E-state index in [1.165, 1.54) is 0 Å². The molecule has 1 aliphatic heterocycles. The van der Waals surface area contributed by atoms with E-state index in [1.54, 1.807) is 6.92 Å². The molecule has 56 valence electrons. The largest absolute Gasteiger partial charge is 0.298 e. The Morgan fingerprint density at radius 1 is 1.50 bits per heavy atom. The van der Waals surface area contributed by atoms with E-state index in [4.69, 9.17) is 0 Å². The zero-order valence-electron chi connectivity index (χ0n) is 5.57. The third-order valence-electron chi connectivity index (χ3n) is 2.57. The Labute approximate surface area is 59.3 Å². The van der Waals surface area contributed by atoms with Crippen LogP contribution in [0.5, 0.6) is 0 Å². The van der Waals surface area contributed by atoms with Gasteiger partial charge in [-0.1, -0.05) is 6.92 Å². The first kappa shape index (κ1) is 6.34. The summed E-state index contributed by atoms with van der Waals surface area (Å²) in [6, 6.07) is 0. The maximum atomic E-state index is 10.9. The van der Waals surface area contributed by atoms with Crippen LogP contribution >= 0.6 is 0 Å². The Bertz CT molecular complexity index is 290. The van der Waals surface area contributed by atoms with E-state index in [2.05, 4.69) is 0 Å². The predicted octanol–water partition coefficient (Wildman–Crippen LogP) is -0.382. The quantitative estimate of drug-likeness (QED) is 0.485. The van der Waals surface area contributed by atoms with Gasteiger partial charge >= 0.3 is 0 Å². The van der Waals surface area contributed by atoms with Crippen molar-refractivity contribution < 1.29 is 13.2 Å². The molecular weight excluding hydrogens is 152 g/mol. The van der Waals surface area contributed by atoms with Gasteiger partial charge in [0.15, 0.2) is 15.6 Å². The second kappa shape index (κ2) is 1.44. The zero-order chi connectivity index (χ0) is 7.52. The van der Waals surface area contributed by atoms with Gasteiger partial charge in [0.2, 0.25) is 0 Å². The lowest BCUT2D eigenvalue weighted by molar-refractivity contribution is -0.132. The molecule has 4 heteroatoms. The van der Waals surface area contributed by atoms with Crippen LogP contribution in [0.2, 0.25) is 0 Å². The average molecular weight is 160 g/mol. The maximum Gasteiger partial charge on any atom is 0.160 e. The van der Waals surface area contributed by atoms with Crippen LogP contribution in [0, 0.1) is 11.8 Å². The molecule has 3 atom stereocenters. The number of sulfone groups is 1. The number of hydrogen-bond acceptors (Lipinski definition) is 3. The smallest absolute Gasteiger partial charge is 0.160 e. The summed E-state index contributed by atoms with van der Waals surface area (Å²) in [5, 5.41) is -0.595. The third-order valence-corrected chi connectivity index (χ3v) is 4.78. The van der Waals surface area contributed by atoms with Crippen molar-refractivity contribution in [3.05, 3.63) is 0 Å². The summed E-state index contributed by atoms with van der Waals surface area (Å²) in [5.41, 5.74) is 0. The van der Waals surface area contributed by atoms with Crippen LogP contribution in [0.1, 0.15) is 6.92 Å². The fraction of sp³-hybridized carbons (Fsp3) is 0.833. The van der Waals surface area contributed by atoms with Gasteiger partial charge in [0.05, 0.1) is 5.75 Å². The van der Waals surface area contributed by atoms with Crippen molar-refractivity contribution in [2.75, 3.05) is 5.75 Å². The highest BCUT2D eigenvalue weighted by atomic mass is 32.2. The maximum absolute atomic E-state index is 10.9. The van der Waals surface area contributed by atoms with Crippen molar-refractivity contribution in [1.29, 1.82) is 0 Å². The molecule has 0 N–H and O–H groups in total. The second-order valence-electron chi connectivity index (χ2n) is 3.11. The molecule has 3 nitrogen and oxygen atoms in total. The molecule has 1 heterocycles. The molecule has 2 fully saturated rings. The lowest BCUT2D eigenvalue weighted by Crippen LogP contribution is -2.66. The molecule has 0 amide bonds. The molecule has 0 aromatic carbocycles. The molecule has 1 aliphatic carbocycles. The van der Waals surface area contributed by atoms with Gasteiger partial charge in [-0.15, -0.1) is 0 Å². The Morgan fingerprint density at radius 2 is 2.10 bits per heavy atom. The number of rotatable bonds is 0. The van der Waals surface area contributed by atoms with Crippen molar-refractivity contribution in [2.24, 2.45) is 11.8 Å². The highest BCUT2D eigenvalue weighted by Gasteiger charge is 2.62. The Hall–Kier alpha value is -0.380. The Kier molecular flexibility index (Phi) is 0.915. The van der Waals surface area contributed by atoms with E-state index >= 15 is 0 Å². The molecule has 0 radical (unpaired) electrons. The normalized spacial score (nSPS) is 48.9. The molecular formula is C6H8O3S. The van der Waals surface area contributed by atoms with Crippen LogP contribution in [-0.2, 0) is 14.6 Å². The van der Waals surface area contributed by atoms with Crippen LogP contribution in [0.3, 0.4) is 0 Å². The predicted molar refractivity (Wildman–Crippen MR) is 35.2 cm³/mol. The first-order valence-corrected chi connectivity index (χ1v) is 5.01. The van der Waals surface area contributed by atoms with Crippen molar-refractivity contribution in [3.63, 3.8) is 0 Å². The van der Waals surface area contributed by atoms with E-state index < -0.39 is 15.1 Å². The first-order chi connectivity index (χ1) is 4.54. The molecule has 1 saturated carbocycles. The Balaban J connectivity index is 2.31. The third kappa shape index (κ3) is 0.471.